The third-order valence-corrected chi connectivity index (χ3v) is 6.41. The smallest absolute Gasteiger partial charge is 0.248 e. The van der Waals surface area contributed by atoms with E-state index in [0.717, 1.165) is 4.31 Å². The van der Waals surface area contributed by atoms with Crippen molar-refractivity contribution < 1.29 is 13.2 Å². The molecule has 0 spiro atoms. The molecule has 2 rings (SSSR count). The second-order valence-corrected chi connectivity index (χ2v) is 9.32. The molecule has 0 saturated carbocycles. The van der Waals surface area contributed by atoms with E-state index in [1.807, 2.05) is 0 Å². The Balaban J connectivity index is 2.31. The molecular formula is C19H21Cl2N3O3S. The molecule has 0 atom stereocenters. The topological polar surface area (TPSA) is 69.7 Å². The van der Waals surface area contributed by atoms with E-state index in [1.165, 1.54) is 32.3 Å². The Morgan fingerprint density at radius 2 is 1.68 bits per heavy atom. The molecule has 0 heterocycles. The zero-order valence-electron chi connectivity index (χ0n) is 15.9. The molecule has 6 nitrogen and oxygen atoms in total. The highest BCUT2D eigenvalue weighted by molar-refractivity contribution is 7.89. The van der Waals surface area contributed by atoms with E-state index in [1.54, 1.807) is 49.3 Å². The minimum Gasteiger partial charge on any atom is -0.376 e. The van der Waals surface area contributed by atoms with Crippen LogP contribution in [0.5, 0.6) is 0 Å². The SMILES string of the molecule is CN(C)c1ccc(S(=O)(=O)N(C)C)cc1NC(=O)/C=C/c1ccc(Cl)c(Cl)c1. The van der Waals surface area contributed by atoms with Crippen molar-refractivity contribution in [3.8, 4) is 0 Å². The molecule has 0 bridgehead atoms. The van der Waals surface area contributed by atoms with Crippen LogP contribution in [0, 0.1) is 0 Å². The van der Waals surface area contributed by atoms with Crippen LogP contribution in [0.15, 0.2) is 47.4 Å². The van der Waals surface area contributed by atoms with Crippen molar-refractivity contribution in [1.82, 2.24) is 4.31 Å². The molecule has 2 aromatic carbocycles. The maximum Gasteiger partial charge on any atom is 0.248 e. The predicted octanol–water partition coefficient (Wildman–Crippen LogP) is 3.96. The first-order chi connectivity index (χ1) is 13.0. The van der Waals surface area contributed by atoms with Gasteiger partial charge in [-0.2, -0.15) is 0 Å². The van der Waals surface area contributed by atoms with Crippen molar-refractivity contribution in [1.29, 1.82) is 0 Å². The average molecular weight is 442 g/mol. The van der Waals surface area contributed by atoms with Crippen LogP contribution in [0.3, 0.4) is 0 Å². The summed E-state index contributed by atoms with van der Waals surface area (Å²) in [6.45, 7) is 0. The molecule has 0 aromatic heterocycles. The van der Waals surface area contributed by atoms with Gasteiger partial charge in [0, 0.05) is 34.3 Å². The van der Waals surface area contributed by atoms with E-state index in [4.69, 9.17) is 23.2 Å². The first-order valence-electron chi connectivity index (χ1n) is 8.20. The van der Waals surface area contributed by atoms with Crippen LogP contribution in [0.1, 0.15) is 5.56 Å². The quantitative estimate of drug-likeness (QED) is 0.688. The summed E-state index contributed by atoms with van der Waals surface area (Å²) in [5.74, 6) is -0.409. The van der Waals surface area contributed by atoms with Gasteiger partial charge in [-0.3, -0.25) is 4.79 Å². The zero-order chi connectivity index (χ0) is 21.1. The van der Waals surface area contributed by atoms with Crippen LogP contribution in [0.25, 0.3) is 6.08 Å². The minimum absolute atomic E-state index is 0.0897. The highest BCUT2D eigenvalue weighted by Crippen LogP contribution is 2.29. The summed E-state index contributed by atoms with van der Waals surface area (Å²) in [7, 11) is 2.88. The number of benzene rings is 2. The molecule has 150 valence electrons. The lowest BCUT2D eigenvalue weighted by Gasteiger charge is -2.19. The minimum atomic E-state index is -3.62. The fourth-order valence-electron chi connectivity index (χ4n) is 2.34. The fraction of sp³-hybridized carbons (Fsp3) is 0.211. The Kier molecular flexibility index (Phi) is 7.11. The van der Waals surface area contributed by atoms with Crippen molar-refractivity contribution >= 4 is 56.6 Å². The normalized spacial score (nSPS) is 11.8. The van der Waals surface area contributed by atoms with E-state index in [9.17, 15) is 13.2 Å². The van der Waals surface area contributed by atoms with E-state index < -0.39 is 15.9 Å². The van der Waals surface area contributed by atoms with Gasteiger partial charge >= 0.3 is 0 Å². The molecule has 0 unspecified atom stereocenters. The van der Waals surface area contributed by atoms with E-state index >= 15 is 0 Å². The highest BCUT2D eigenvalue weighted by Gasteiger charge is 2.19. The van der Waals surface area contributed by atoms with Gasteiger partial charge in [-0.05, 0) is 42.0 Å². The molecule has 0 aliphatic rings. The molecule has 0 radical (unpaired) electrons. The lowest BCUT2D eigenvalue weighted by atomic mass is 10.2. The van der Waals surface area contributed by atoms with Gasteiger partial charge in [-0.15, -0.1) is 0 Å². The van der Waals surface area contributed by atoms with Gasteiger partial charge < -0.3 is 10.2 Å². The van der Waals surface area contributed by atoms with Gasteiger partial charge in [0.25, 0.3) is 0 Å². The number of rotatable bonds is 6. The van der Waals surface area contributed by atoms with Crippen molar-refractivity contribution in [3.63, 3.8) is 0 Å². The standard InChI is InChI=1S/C19H21Cl2N3O3S/c1-23(2)18-9-7-14(28(26,27)24(3)4)12-17(18)22-19(25)10-6-13-5-8-15(20)16(21)11-13/h5-12H,1-4H3,(H,22,25)/b10-6+. The first kappa shape index (κ1) is 22.2. The van der Waals surface area contributed by atoms with Gasteiger partial charge in [0.15, 0.2) is 0 Å². The number of amides is 1. The molecule has 0 aliphatic heterocycles. The van der Waals surface area contributed by atoms with Crippen LogP contribution in [0.4, 0.5) is 11.4 Å². The maximum absolute atomic E-state index is 12.4. The number of carbonyl (C=O) groups is 1. The van der Waals surface area contributed by atoms with Gasteiger partial charge in [0.1, 0.15) is 0 Å². The Morgan fingerprint density at radius 3 is 2.25 bits per heavy atom. The van der Waals surface area contributed by atoms with Crippen molar-refractivity contribution in [3.05, 3.63) is 58.1 Å². The van der Waals surface area contributed by atoms with Crippen LogP contribution >= 0.6 is 23.2 Å². The number of anilines is 2. The second kappa shape index (κ2) is 8.96. The summed E-state index contributed by atoms with van der Waals surface area (Å²) in [6.07, 6.45) is 2.93. The third kappa shape index (κ3) is 5.26. The fourth-order valence-corrected chi connectivity index (χ4v) is 3.57. The first-order valence-corrected chi connectivity index (χ1v) is 10.4. The predicted molar refractivity (Wildman–Crippen MR) is 116 cm³/mol. The summed E-state index contributed by atoms with van der Waals surface area (Å²) in [4.78, 5) is 14.2. The maximum atomic E-state index is 12.4. The summed E-state index contributed by atoms with van der Waals surface area (Å²) < 4.78 is 25.9. The summed E-state index contributed by atoms with van der Waals surface area (Å²) in [5, 5.41) is 3.55. The van der Waals surface area contributed by atoms with E-state index in [2.05, 4.69) is 5.32 Å². The lowest BCUT2D eigenvalue weighted by molar-refractivity contribution is -0.111. The van der Waals surface area contributed by atoms with E-state index in [-0.39, 0.29) is 4.90 Å². The highest BCUT2D eigenvalue weighted by atomic mass is 35.5. The number of carbonyl (C=O) groups excluding carboxylic acids is 1. The monoisotopic (exact) mass is 441 g/mol. The van der Waals surface area contributed by atoms with Gasteiger partial charge in [-0.25, -0.2) is 12.7 Å². The van der Waals surface area contributed by atoms with Gasteiger partial charge in [-0.1, -0.05) is 29.3 Å². The van der Waals surface area contributed by atoms with Crippen LogP contribution in [-0.4, -0.2) is 46.8 Å². The van der Waals surface area contributed by atoms with Gasteiger partial charge in [0.2, 0.25) is 15.9 Å². The molecular weight excluding hydrogens is 421 g/mol. The molecule has 0 aliphatic carbocycles. The van der Waals surface area contributed by atoms with Crippen LogP contribution in [-0.2, 0) is 14.8 Å². The summed E-state index contributed by atoms with van der Waals surface area (Å²) >= 11 is 11.8. The molecule has 28 heavy (non-hydrogen) atoms. The summed E-state index contributed by atoms with van der Waals surface area (Å²) in [5.41, 5.74) is 1.77. The number of halogens is 2. The Morgan fingerprint density at radius 1 is 1.00 bits per heavy atom. The Hall–Kier alpha value is -2.06. The van der Waals surface area contributed by atoms with Crippen LogP contribution < -0.4 is 10.2 Å². The van der Waals surface area contributed by atoms with Crippen molar-refractivity contribution in [2.75, 3.05) is 38.4 Å². The second-order valence-electron chi connectivity index (χ2n) is 6.36. The molecule has 1 amide bonds. The average Bonchev–Trinajstić information content (AvgIpc) is 2.62. The third-order valence-electron chi connectivity index (χ3n) is 3.86. The largest absolute Gasteiger partial charge is 0.376 e. The molecule has 2 aromatic rings. The lowest BCUT2D eigenvalue weighted by Crippen LogP contribution is -2.23. The van der Waals surface area contributed by atoms with Gasteiger partial charge in [0.05, 0.1) is 26.3 Å². The molecule has 9 heteroatoms. The zero-order valence-corrected chi connectivity index (χ0v) is 18.2. The van der Waals surface area contributed by atoms with Crippen LogP contribution in [0.2, 0.25) is 10.0 Å². The van der Waals surface area contributed by atoms with E-state index in [0.29, 0.717) is 27.0 Å². The molecule has 0 fully saturated rings. The number of nitrogens with zero attached hydrogens (tertiary/aromatic N) is 2. The Labute approximate surface area is 175 Å². The Bertz CT molecular complexity index is 1020. The number of sulfonamides is 1. The number of hydrogen-bond acceptors (Lipinski definition) is 4. The number of hydrogen-bond donors (Lipinski definition) is 1. The van der Waals surface area contributed by atoms with Crippen molar-refractivity contribution in [2.24, 2.45) is 0 Å². The number of nitrogens with one attached hydrogen (secondary N) is 1. The molecule has 1 N–H and O–H groups in total. The van der Waals surface area contributed by atoms with Crippen molar-refractivity contribution in [2.45, 2.75) is 4.90 Å². The summed E-state index contributed by atoms with van der Waals surface area (Å²) in [6, 6.07) is 9.61. The molecule has 0 saturated heterocycles.